The summed E-state index contributed by atoms with van der Waals surface area (Å²) in [6.45, 7) is 0. The van der Waals surface area contributed by atoms with Crippen molar-refractivity contribution < 1.29 is 19.5 Å². The van der Waals surface area contributed by atoms with Crippen molar-refractivity contribution in [2.24, 2.45) is 11.8 Å². The zero-order valence-electron chi connectivity index (χ0n) is 15.3. The highest BCUT2D eigenvalue weighted by Gasteiger charge is 2.37. The first-order chi connectivity index (χ1) is 13.0. The van der Waals surface area contributed by atoms with Gasteiger partial charge in [0.15, 0.2) is 0 Å². The van der Waals surface area contributed by atoms with Gasteiger partial charge in [-0.15, -0.1) is 0 Å². The van der Waals surface area contributed by atoms with E-state index in [4.69, 9.17) is 0 Å². The number of carboxylic acids is 1. The van der Waals surface area contributed by atoms with Crippen molar-refractivity contribution in [2.45, 2.75) is 38.1 Å². The minimum absolute atomic E-state index is 0.295. The smallest absolute Gasteiger partial charge is 0.307 e. The number of hydrogen-bond acceptors (Lipinski definition) is 3. The van der Waals surface area contributed by atoms with Crippen molar-refractivity contribution in [1.82, 2.24) is 15.6 Å². The number of rotatable bonds is 6. The van der Waals surface area contributed by atoms with Gasteiger partial charge in [-0.25, -0.2) is 0 Å². The Bertz CT molecular complexity index is 845. The molecule has 1 fully saturated rings. The van der Waals surface area contributed by atoms with Crippen molar-refractivity contribution >= 4 is 28.7 Å². The van der Waals surface area contributed by atoms with Gasteiger partial charge in [0.1, 0.15) is 6.04 Å². The SMILES string of the molecule is CNC(=O)[C@H](Cc1c[nH]c2ccccc12)NC(=O)[C@@H]1CCCC[C@@H]1C(=O)O. The van der Waals surface area contributed by atoms with E-state index >= 15 is 0 Å². The van der Waals surface area contributed by atoms with Crippen LogP contribution >= 0.6 is 0 Å². The number of benzene rings is 1. The van der Waals surface area contributed by atoms with E-state index in [1.54, 1.807) is 0 Å². The van der Waals surface area contributed by atoms with Gasteiger partial charge in [0.05, 0.1) is 11.8 Å². The van der Waals surface area contributed by atoms with Gasteiger partial charge in [-0.1, -0.05) is 31.0 Å². The number of carbonyl (C=O) groups is 3. The molecule has 7 heteroatoms. The number of H-pyrrole nitrogens is 1. The maximum Gasteiger partial charge on any atom is 0.307 e. The minimum Gasteiger partial charge on any atom is -0.481 e. The summed E-state index contributed by atoms with van der Waals surface area (Å²) in [6.07, 6.45) is 4.86. The van der Waals surface area contributed by atoms with E-state index in [2.05, 4.69) is 15.6 Å². The van der Waals surface area contributed by atoms with Crippen LogP contribution in [0, 0.1) is 11.8 Å². The zero-order valence-corrected chi connectivity index (χ0v) is 15.3. The van der Waals surface area contributed by atoms with E-state index in [0.717, 1.165) is 29.3 Å². The number of amides is 2. The molecule has 1 heterocycles. The van der Waals surface area contributed by atoms with E-state index in [1.165, 1.54) is 7.05 Å². The molecule has 0 unspecified atom stereocenters. The van der Waals surface area contributed by atoms with Gasteiger partial charge < -0.3 is 20.7 Å². The van der Waals surface area contributed by atoms with E-state index < -0.39 is 23.8 Å². The molecule has 27 heavy (non-hydrogen) atoms. The Labute approximate surface area is 157 Å². The molecule has 0 bridgehead atoms. The Morgan fingerprint density at radius 1 is 1.19 bits per heavy atom. The normalized spacial score (nSPS) is 20.8. The third-order valence-corrected chi connectivity index (χ3v) is 5.40. The van der Waals surface area contributed by atoms with Crippen molar-refractivity contribution in [3.63, 3.8) is 0 Å². The second kappa shape index (κ2) is 8.24. The third kappa shape index (κ3) is 4.13. The van der Waals surface area contributed by atoms with Crippen LogP contribution in [0.2, 0.25) is 0 Å². The molecular formula is C20H25N3O4. The molecule has 0 radical (unpaired) electrons. The van der Waals surface area contributed by atoms with Crippen molar-refractivity contribution in [1.29, 1.82) is 0 Å². The first-order valence-electron chi connectivity index (χ1n) is 9.31. The number of hydrogen-bond donors (Lipinski definition) is 4. The second-order valence-corrected chi connectivity index (χ2v) is 7.07. The largest absolute Gasteiger partial charge is 0.481 e. The number of fused-ring (bicyclic) bond motifs is 1. The van der Waals surface area contributed by atoms with Crippen LogP contribution in [0.1, 0.15) is 31.2 Å². The van der Waals surface area contributed by atoms with Gasteiger partial charge in [0, 0.05) is 30.6 Å². The van der Waals surface area contributed by atoms with Crippen LogP contribution < -0.4 is 10.6 Å². The van der Waals surface area contributed by atoms with Crippen LogP contribution in [0.4, 0.5) is 0 Å². The fourth-order valence-corrected chi connectivity index (χ4v) is 3.92. The summed E-state index contributed by atoms with van der Waals surface area (Å²) >= 11 is 0. The lowest BCUT2D eigenvalue weighted by Gasteiger charge is -2.29. The maximum atomic E-state index is 12.8. The summed E-state index contributed by atoms with van der Waals surface area (Å²) in [5.41, 5.74) is 1.89. The van der Waals surface area contributed by atoms with Crippen molar-refractivity contribution in [3.05, 3.63) is 36.0 Å². The molecule has 4 N–H and O–H groups in total. The molecule has 2 aromatic rings. The summed E-state index contributed by atoms with van der Waals surface area (Å²) in [6, 6.07) is 7.01. The van der Waals surface area contributed by atoms with Crippen LogP contribution in [0.5, 0.6) is 0 Å². The van der Waals surface area contributed by atoms with E-state index in [-0.39, 0.29) is 11.8 Å². The average Bonchev–Trinajstić information content (AvgIpc) is 3.09. The Balaban J connectivity index is 1.77. The number of carboxylic acid groups (broad SMARTS) is 1. The Morgan fingerprint density at radius 2 is 1.89 bits per heavy atom. The first-order valence-corrected chi connectivity index (χ1v) is 9.31. The summed E-state index contributed by atoms with van der Waals surface area (Å²) in [7, 11) is 1.53. The lowest BCUT2D eigenvalue weighted by molar-refractivity contribution is -0.149. The Hall–Kier alpha value is -2.83. The molecule has 2 amide bonds. The second-order valence-electron chi connectivity index (χ2n) is 7.07. The van der Waals surface area contributed by atoms with E-state index in [9.17, 15) is 19.5 Å². The fourth-order valence-electron chi connectivity index (χ4n) is 3.92. The number of likely N-dealkylation sites (N-methyl/N-ethyl adjacent to an activating group) is 1. The summed E-state index contributed by atoms with van der Waals surface area (Å²) < 4.78 is 0. The van der Waals surface area contributed by atoms with Crippen LogP contribution in [0.25, 0.3) is 10.9 Å². The predicted octanol–water partition coefficient (Wildman–Crippen LogP) is 1.83. The molecule has 1 saturated carbocycles. The van der Waals surface area contributed by atoms with Crippen LogP contribution in [-0.4, -0.2) is 41.0 Å². The summed E-state index contributed by atoms with van der Waals surface area (Å²) in [5, 5.41) is 15.8. The topological polar surface area (TPSA) is 111 Å². The molecule has 1 aliphatic rings. The Kier molecular flexibility index (Phi) is 5.78. The van der Waals surface area contributed by atoms with E-state index in [1.807, 2.05) is 30.5 Å². The number of carbonyl (C=O) groups excluding carboxylic acids is 2. The monoisotopic (exact) mass is 371 g/mol. The Morgan fingerprint density at radius 3 is 2.59 bits per heavy atom. The lowest BCUT2D eigenvalue weighted by Crippen LogP contribution is -2.50. The number of aromatic amines is 1. The highest BCUT2D eigenvalue weighted by atomic mass is 16.4. The van der Waals surface area contributed by atoms with Crippen LogP contribution in [-0.2, 0) is 20.8 Å². The molecule has 1 aliphatic carbocycles. The molecule has 1 aromatic carbocycles. The minimum atomic E-state index is -0.942. The molecular weight excluding hydrogens is 346 g/mol. The fraction of sp³-hybridized carbons (Fsp3) is 0.450. The zero-order chi connectivity index (χ0) is 19.4. The molecule has 0 aliphatic heterocycles. The highest BCUT2D eigenvalue weighted by molar-refractivity contribution is 5.91. The van der Waals surface area contributed by atoms with Gasteiger partial charge in [-0.05, 0) is 24.5 Å². The molecule has 144 valence electrons. The van der Waals surface area contributed by atoms with Crippen molar-refractivity contribution in [2.75, 3.05) is 7.05 Å². The molecule has 1 aromatic heterocycles. The number of aliphatic carboxylic acids is 1. The third-order valence-electron chi connectivity index (χ3n) is 5.40. The summed E-state index contributed by atoms with van der Waals surface area (Å²) in [4.78, 5) is 39.8. The molecule has 0 spiro atoms. The van der Waals surface area contributed by atoms with Crippen molar-refractivity contribution in [3.8, 4) is 0 Å². The predicted molar refractivity (Wildman–Crippen MR) is 101 cm³/mol. The van der Waals surface area contributed by atoms with Gasteiger partial charge in [-0.2, -0.15) is 0 Å². The van der Waals surface area contributed by atoms with Gasteiger partial charge in [0.2, 0.25) is 11.8 Å². The van der Waals surface area contributed by atoms with Gasteiger partial charge >= 0.3 is 5.97 Å². The number of aromatic nitrogens is 1. The van der Waals surface area contributed by atoms with Crippen LogP contribution in [0.3, 0.4) is 0 Å². The van der Waals surface area contributed by atoms with Gasteiger partial charge in [-0.3, -0.25) is 14.4 Å². The first kappa shape index (κ1) is 18.9. The standard InChI is InChI=1S/C20H25N3O4/c1-21-19(25)17(10-12-11-22-16-9-5-4-6-13(12)16)23-18(24)14-7-2-3-8-15(14)20(26)27/h4-6,9,11,14-15,17,22H,2-3,7-8,10H2,1H3,(H,21,25)(H,23,24)(H,26,27)/t14-,15+,17+/m1/s1. The number of nitrogens with one attached hydrogen (secondary N) is 3. The van der Waals surface area contributed by atoms with E-state index in [0.29, 0.717) is 19.3 Å². The van der Waals surface area contributed by atoms with Gasteiger partial charge in [0.25, 0.3) is 0 Å². The average molecular weight is 371 g/mol. The molecule has 0 saturated heterocycles. The highest BCUT2D eigenvalue weighted by Crippen LogP contribution is 2.30. The molecule has 3 atom stereocenters. The maximum absolute atomic E-state index is 12.8. The molecule has 7 nitrogen and oxygen atoms in total. The number of para-hydroxylation sites is 1. The summed E-state index contributed by atoms with van der Waals surface area (Å²) in [5.74, 6) is -2.86. The molecule has 3 rings (SSSR count). The van der Waals surface area contributed by atoms with Crippen LogP contribution in [0.15, 0.2) is 30.5 Å². The quantitative estimate of drug-likeness (QED) is 0.621. The lowest BCUT2D eigenvalue weighted by atomic mass is 9.78.